The third-order valence-electron chi connectivity index (χ3n) is 3.80. The van der Waals surface area contributed by atoms with Crippen LogP contribution in [0, 0.1) is 0 Å². The van der Waals surface area contributed by atoms with Gasteiger partial charge in [-0.1, -0.05) is 12.1 Å². The average Bonchev–Trinajstić information content (AvgIpc) is 2.62. The predicted octanol–water partition coefficient (Wildman–Crippen LogP) is 1.63. The molecule has 4 nitrogen and oxygen atoms in total. The van der Waals surface area contributed by atoms with Crippen molar-refractivity contribution in [1.82, 2.24) is 5.32 Å². The smallest absolute Gasteiger partial charge is 0.142 e. The molecule has 4 heteroatoms. The van der Waals surface area contributed by atoms with Crippen molar-refractivity contribution in [1.29, 1.82) is 0 Å². The molecule has 0 amide bonds. The molecule has 19 heavy (non-hydrogen) atoms. The number of hydrogen-bond acceptors (Lipinski definition) is 4. The highest BCUT2D eigenvalue weighted by Gasteiger charge is 2.24. The summed E-state index contributed by atoms with van der Waals surface area (Å²) in [5.41, 5.74) is 1.12. The Morgan fingerprint density at radius 3 is 2.95 bits per heavy atom. The number of methoxy groups -OCH3 is 1. The number of aliphatic hydroxyl groups excluding tert-OH is 1. The molecule has 2 unspecified atom stereocenters. The summed E-state index contributed by atoms with van der Waals surface area (Å²) in [5, 5.41) is 12.8. The van der Waals surface area contributed by atoms with Gasteiger partial charge in [-0.15, -0.1) is 0 Å². The van der Waals surface area contributed by atoms with Gasteiger partial charge in [-0.3, -0.25) is 0 Å². The highest BCUT2D eigenvalue weighted by molar-refractivity contribution is 5.59. The minimum absolute atomic E-state index is 0.215. The Morgan fingerprint density at radius 2 is 2.21 bits per heavy atom. The summed E-state index contributed by atoms with van der Waals surface area (Å²) in [6.45, 7) is 4.31. The zero-order chi connectivity index (χ0) is 13.7. The predicted molar refractivity (Wildman–Crippen MR) is 77.9 cm³/mol. The van der Waals surface area contributed by atoms with Crippen LogP contribution in [0.3, 0.4) is 0 Å². The second kappa shape index (κ2) is 6.78. The maximum absolute atomic E-state index is 9.28. The van der Waals surface area contributed by atoms with Crippen LogP contribution < -0.4 is 15.0 Å². The second-order valence-corrected chi connectivity index (χ2v) is 5.13. The van der Waals surface area contributed by atoms with E-state index in [1.807, 2.05) is 18.2 Å². The number of nitrogens with zero attached hydrogens (tertiary/aromatic N) is 1. The molecule has 1 saturated heterocycles. The lowest BCUT2D eigenvalue weighted by atomic mass is 10.1. The van der Waals surface area contributed by atoms with Crippen LogP contribution in [-0.4, -0.2) is 44.0 Å². The first-order valence-corrected chi connectivity index (χ1v) is 7.00. The molecule has 1 aromatic rings. The lowest BCUT2D eigenvalue weighted by Gasteiger charge is -2.32. The van der Waals surface area contributed by atoms with Gasteiger partial charge < -0.3 is 20.1 Å². The maximum Gasteiger partial charge on any atom is 0.142 e. The number of benzene rings is 1. The molecule has 1 aromatic carbocycles. The van der Waals surface area contributed by atoms with Crippen molar-refractivity contribution in [2.45, 2.75) is 31.8 Å². The van der Waals surface area contributed by atoms with Crippen molar-refractivity contribution in [3.05, 3.63) is 24.3 Å². The van der Waals surface area contributed by atoms with E-state index in [-0.39, 0.29) is 6.61 Å². The molecule has 1 aliphatic heterocycles. The van der Waals surface area contributed by atoms with Gasteiger partial charge in [0.25, 0.3) is 0 Å². The van der Waals surface area contributed by atoms with Crippen molar-refractivity contribution in [3.8, 4) is 5.75 Å². The molecule has 0 aromatic heterocycles. The molecule has 2 N–H and O–H groups in total. The van der Waals surface area contributed by atoms with E-state index < -0.39 is 0 Å². The van der Waals surface area contributed by atoms with Crippen molar-refractivity contribution < 1.29 is 9.84 Å². The van der Waals surface area contributed by atoms with Gasteiger partial charge in [0.05, 0.1) is 12.8 Å². The van der Waals surface area contributed by atoms with Crippen LogP contribution in [0.2, 0.25) is 0 Å². The number of ether oxygens (including phenoxy) is 1. The average molecular weight is 264 g/mol. The Labute approximate surface area is 115 Å². The van der Waals surface area contributed by atoms with Crippen LogP contribution in [-0.2, 0) is 0 Å². The first kappa shape index (κ1) is 14.2. The molecular formula is C15H24N2O2. The summed E-state index contributed by atoms with van der Waals surface area (Å²) in [5.74, 6) is 0.903. The summed E-state index contributed by atoms with van der Waals surface area (Å²) in [4.78, 5) is 2.37. The Morgan fingerprint density at radius 1 is 1.42 bits per heavy atom. The molecule has 106 valence electrons. The molecule has 1 aliphatic rings. The van der Waals surface area contributed by atoms with Gasteiger partial charge in [0.2, 0.25) is 0 Å². The first-order chi connectivity index (χ1) is 9.26. The molecule has 1 heterocycles. The van der Waals surface area contributed by atoms with Crippen molar-refractivity contribution in [2.24, 2.45) is 0 Å². The van der Waals surface area contributed by atoms with Gasteiger partial charge in [-0.2, -0.15) is 0 Å². The van der Waals surface area contributed by atoms with Gasteiger partial charge in [0.15, 0.2) is 0 Å². The van der Waals surface area contributed by atoms with E-state index in [0.717, 1.165) is 37.4 Å². The second-order valence-electron chi connectivity index (χ2n) is 5.13. The van der Waals surface area contributed by atoms with Crippen molar-refractivity contribution >= 4 is 5.69 Å². The van der Waals surface area contributed by atoms with E-state index in [9.17, 15) is 5.11 Å². The van der Waals surface area contributed by atoms with E-state index in [1.165, 1.54) is 0 Å². The molecule has 2 atom stereocenters. The van der Waals surface area contributed by atoms with Gasteiger partial charge in [0, 0.05) is 31.8 Å². The lowest BCUT2D eigenvalue weighted by molar-refractivity contribution is 0.272. The van der Waals surface area contributed by atoms with E-state index in [1.54, 1.807) is 7.11 Å². The molecule has 0 bridgehead atoms. The number of para-hydroxylation sites is 2. The number of anilines is 1. The van der Waals surface area contributed by atoms with Gasteiger partial charge in [0.1, 0.15) is 5.75 Å². The zero-order valence-corrected chi connectivity index (χ0v) is 11.8. The largest absolute Gasteiger partial charge is 0.495 e. The third kappa shape index (κ3) is 3.39. The molecule has 0 saturated carbocycles. The normalized spacial score (nSPS) is 24.1. The fraction of sp³-hybridized carbons (Fsp3) is 0.600. The van der Waals surface area contributed by atoms with Gasteiger partial charge in [-0.05, 0) is 31.9 Å². The first-order valence-electron chi connectivity index (χ1n) is 7.00. The molecule has 0 spiro atoms. The standard InChI is InChI=1S/C15H24N2O2/c1-12-7-9-17(13(8-10-18)11-16-12)14-5-3-4-6-15(14)19-2/h3-6,12-13,16,18H,7-11H2,1-2H3. The Bertz CT molecular complexity index is 397. The van der Waals surface area contributed by atoms with Crippen LogP contribution in [0.1, 0.15) is 19.8 Å². The zero-order valence-electron chi connectivity index (χ0n) is 11.8. The molecule has 1 fully saturated rings. The minimum Gasteiger partial charge on any atom is -0.495 e. The van der Waals surface area contributed by atoms with Gasteiger partial charge in [-0.25, -0.2) is 0 Å². The number of hydrogen-bond donors (Lipinski definition) is 2. The molecular weight excluding hydrogens is 240 g/mol. The third-order valence-corrected chi connectivity index (χ3v) is 3.80. The minimum atomic E-state index is 0.215. The van der Waals surface area contributed by atoms with Gasteiger partial charge >= 0.3 is 0 Å². The van der Waals surface area contributed by atoms with E-state index in [4.69, 9.17) is 4.74 Å². The van der Waals surface area contributed by atoms with E-state index in [0.29, 0.717) is 12.1 Å². The number of nitrogens with one attached hydrogen (secondary N) is 1. The van der Waals surface area contributed by atoms with Crippen LogP contribution in [0.15, 0.2) is 24.3 Å². The number of rotatable bonds is 4. The summed E-state index contributed by atoms with van der Waals surface area (Å²) >= 11 is 0. The SMILES string of the molecule is COc1ccccc1N1CCC(C)NCC1CCO. The molecule has 2 rings (SSSR count). The monoisotopic (exact) mass is 264 g/mol. The lowest BCUT2D eigenvalue weighted by Crippen LogP contribution is -2.41. The molecule has 0 aliphatic carbocycles. The van der Waals surface area contributed by atoms with Crippen molar-refractivity contribution in [2.75, 3.05) is 31.7 Å². The highest BCUT2D eigenvalue weighted by atomic mass is 16.5. The van der Waals surface area contributed by atoms with Crippen LogP contribution >= 0.6 is 0 Å². The van der Waals surface area contributed by atoms with E-state index in [2.05, 4.69) is 23.2 Å². The fourth-order valence-corrected chi connectivity index (χ4v) is 2.66. The Hall–Kier alpha value is -1.26. The van der Waals surface area contributed by atoms with Crippen molar-refractivity contribution in [3.63, 3.8) is 0 Å². The Balaban J connectivity index is 2.26. The van der Waals surface area contributed by atoms with E-state index >= 15 is 0 Å². The summed E-state index contributed by atoms with van der Waals surface area (Å²) in [6.07, 6.45) is 1.87. The van der Waals surface area contributed by atoms with Crippen LogP contribution in [0.5, 0.6) is 5.75 Å². The number of aliphatic hydroxyl groups is 1. The Kier molecular flexibility index (Phi) is 5.05. The summed E-state index contributed by atoms with van der Waals surface area (Å²) < 4.78 is 5.47. The highest BCUT2D eigenvalue weighted by Crippen LogP contribution is 2.30. The quantitative estimate of drug-likeness (QED) is 0.867. The van der Waals surface area contributed by atoms with Crippen LogP contribution in [0.25, 0.3) is 0 Å². The van der Waals surface area contributed by atoms with Crippen LogP contribution in [0.4, 0.5) is 5.69 Å². The molecule has 0 radical (unpaired) electrons. The topological polar surface area (TPSA) is 44.7 Å². The summed E-state index contributed by atoms with van der Waals surface area (Å²) in [7, 11) is 1.71. The fourth-order valence-electron chi connectivity index (χ4n) is 2.66. The maximum atomic E-state index is 9.28. The summed E-state index contributed by atoms with van der Waals surface area (Å²) in [6, 6.07) is 8.94.